The van der Waals surface area contributed by atoms with Crippen LogP contribution in [-0.4, -0.2) is 48.7 Å². The van der Waals surface area contributed by atoms with Gasteiger partial charge in [0.1, 0.15) is 12.3 Å². The molecule has 0 saturated heterocycles. The van der Waals surface area contributed by atoms with Crippen LogP contribution in [0.2, 0.25) is 0 Å². The van der Waals surface area contributed by atoms with Crippen molar-refractivity contribution in [3.63, 3.8) is 0 Å². The van der Waals surface area contributed by atoms with E-state index in [1.165, 1.54) is 18.2 Å². The lowest BCUT2D eigenvalue weighted by Crippen LogP contribution is -2.19. The monoisotopic (exact) mass is 513 g/mol. The highest BCUT2D eigenvalue weighted by Crippen LogP contribution is 2.40. The van der Waals surface area contributed by atoms with Crippen LogP contribution in [-0.2, 0) is 19.4 Å². The number of rotatable bonds is 10. The molecule has 0 aliphatic rings. The van der Waals surface area contributed by atoms with Crippen molar-refractivity contribution in [1.29, 1.82) is 5.26 Å². The Morgan fingerprint density at radius 1 is 1.14 bits per heavy atom. The Balaban J connectivity index is 2.13. The molecule has 13 nitrogen and oxygen atoms in total. The summed E-state index contributed by atoms with van der Waals surface area (Å²) in [4.78, 5) is 30.2. The number of carbonyl (C=O) groups is 1. The first-order valence-electron chi connectivity index (χ1n) is 10.2. The van der Waals surface area contributed by atoms with E-state index in [1.807, 2.05) is 6.07 Å². The second kappa shape index (κ2) is 11.1. The zero-order chi connectivity index (χ0) is 26.3. The zero-order valence-electron chi connectivity index (χ0n) is 19.0. The number of sulfone groups is 1. The standard InChI is InChI=1S/C22H19N5O8S/c1-3-33-18(28)13-24-20-19(27(29)30)21(26-22(25-20)36(2,31)32)35-17-11-14(12-23)9-10-16(17)34-15-7-5-4-6-8-15/h4-11H,3,13H2,1-2H3,(H,24,25,26). The number of esters is 1. The molecular weight excluding hydrogens is 494 g/mol. The minimum Gasteiger partial charge on any atom is -0.465 e. The van der Waals surface area contributed by atoms with Crippen molar-refractivity contribution >= 4 is 27.3 Å². The third kappa shape index (κ3) is 6.42. The van der Waals surface area contributed by atoms with Gasteiger partial charge in [-0.25, -0.2) is 8.42 Å². The van der Waals surface area contributed by atoms with E-state index < -0.39 is 49.8 Å². The van der Waals surface area contributed by atoms with Crippen molar-refractivity contribution in [1.82, 2.24) is 9.97 Å². The van der Waals surface area contributed by atoms with Gasteiger partial charge in [-0.3, -0.25) is 14.9 Å². The highest BCUT2D eigenvalue weighted by atomic mass is 32.2. The molecule has 3 aromatic rings. The fraction of sp³-hybridized carbons (Fsp3) is 0.182. The summed E-state index contributed by atoms with van der Waals surface area (Å²) in [5.74, 6) is -1.78. The molecule has 0 amide bonds. The van der Waals surface area contributed by atoms with Gasteiger partial charge >= 0.3 is 17.5 Å². The molecule has 186 valence electrons. The van der Waals surface area contributed by atoms with Crippen molar-refractivity contribution in [3.05, 3.63) is 64.2 Å². The number of nitrogens with one attached hydrogen (secondary N) is 1. The van der Waals surface area contributed by atoms with E-state index >= 15 is 0 Å². The minimum absolute atomic E-state index is 0.0642. The van der Waals surface area contributed by atoms with Crippen LogP contribution in [0.1, 0.15) is 12.5 Å². The van der Waals surface area contributed by atoms with Gasteiger partial charge in [0.2, 0.25) is 15.7 Å². The molecule has 1 aromatic heterocycles. The van der Waals surface area contributed by atoms with E-state index in [9.17, 15) is 28.6 Å². The summed E-state index contributed by atoms with van der Waals surface area (Å²) in [7, 11) is -4.07. The molecule has 0 radical (unpaired) electrons. The molecule has 1 heterocycles. The van der Waals surface area contributed by atoms with E-state index in [0.717, 1.165) is 6.26 Å². The molecule has 0 saturated carbocycles. The number of anilines is 1. The summed E-state index contributed by atoms with van der Waals surface area (Å²) in [6, 6.07) is 14.5. The van der Waals surface area contributed by atoms with Crippen LogP contribution in [0.3, 0.4) is 0 Å². The lowest BCUT2D eigenvalue weighted by atomic mass is 10.2. The van der Waals surface area contributed by atoms with E-state index in [0.29, 0.717) is 5.75 Å². The smallest absolute Gasteiger partial charge is 0.373 e. The number of hydrogen-bond donors (Lipinski definition) is 1. The maximum atomic E-state index is 12.2. The van der Waals surface area contributed by atoms with Crippen LogP contribution >= 0.6 is 0 Å². The number of nitrogens with zero attached hydrogens (tertiary/aromatic N) is 4. The van der Waals surface area contributed by atoms with Crippen molar-refractivity contribution in [3.8, 4) is 29.2 Å². The average molecular weight is 513 g/mol. The number of carbonyl (C=O) groups excluding carboxylic acids is 1. The first kappa shape index (κ1) is 25.8. The normalized spacial score (nSPS) is 10.7. The number of nitriles is 1. The van der Waals surface area contributed by atoms with Crippen molar-refractivity contribution in [2.75, 3.05) is 24.7 Å². The Hall–Kier alpha value is -4.77. The van der Waals surface area contributed by atoms with E-state index in [-0.39, 0.29) is 23.7 Å². The minimum atomic E-state index is -4.07. The van der Waals surface area contributed by atoms with Crippen LogP contribution in [0.15, 0.2) is 53.7 Å². The van der Waals surface area contributed by atoms with Gasteiger partial charge in [-0.05, 0) is 31.2 Å². The van der Waals surface area contributed by atoms with Gasteiger partial charge in [0, 0.05) is 12.3 Å². The van der Waals surface area contributed by atoms with Crippen molar-refractivity contribution in [2.24, 2.45) is 0 Å². The largest absolute Gasteiger partial charge is 0.465 e. The summed E-state index contributed by atoms with van der Waals surface area (Å²) >= 11 is 0. The van der Waals surface area contributed by atoms with Crippen LogP contribution in [0.4, 0.5) is 11.5 Å². The SMILES string of the molecule is CCOC(=O)CNc1nc(S(C)(=O)=O)nc(Oc2cc(C#N)ccc2Oc2ccccc2)c1[N+](=O)[O-]. The van der Waals surface area contributed by atoms with Crippen LogP contribution in [0.25, 0.3) is 0 Å². The van der Waals surface area contributed by atoms with Crippen molar-refractivity contribution < 1.29 is 32.3 Å². The molecule has 0 spiro atoms. The number of para-hydroxylation sites is 1. The highest BCUT2D eigenvalue weighted by Gasteiger charge is 2.31. The number of hydrogen-bond acceptors (Lipinski definition) is 12. The molecule has 3 rings (SSSR count). The second-order valence-corrected chi connectivity index (χ2v) is 8.90. The van der Waals surface area contributed by atoms with Gasteiger partial charge < -0.3 is 19.5 Å². The summed E-state index contributed by atoms with van der Waals surface area (Å²) in [5.41, 5.74) is -0.717. The summed E-state index contributed by atoms with van der Waals surface area (Å²) < 4.78 is 40.6. The molecule has 0 atom stereocenters. The van der Waals surface area contributed by atoms with Crippen molar-refractivity contribution in [2.45, 2.75) is 12.1 Å². The fourth-order valence-corrected chi connectivity index (χ4v) is 3.27. The lowest BCUT2D eigenvalue weighted by molar-refractivity contribution is -0.385. The fourth-order valence-electron chi connectivity index (χ4n) is 2.77. The van der Waals surface area contributed by atoms with Gasteiger partial charge in [0.05, 0.1) is 23.2 Å². The Bertz CT molecular complexity index is 1440. The Kier molecular flexibility index (Phi) is 7.97. The van der Waals surface area contributed by atoms with Crippen LogP contribution in [0, 0.1) is 21.4 Å². The summed E-state index contributed by atoms with van der Waals surface area (Å²) in [6.07, 6.45) is 0.799. The number of ether oxygens (including phenoxy) is 3. The number of nitro groups is 1. The third-order valence-corrected chi connectivity index (χ3v) is 5.15. The topological polar surface area (TPSA) is 184 Å². The Labute approximate surface area is 205 Å². The molecule has 0 unspecified atom stereocenters. The molecule has 36 heavy (non-hydrogen) atoms. The molecule has 1 N–H and O–H groups in total. The molecule has 2 aromatic carbocycles. The second-order valence-electron chi connectivity index (χ2n) is 6.99. The number of benzene rings is 2. The number of aromatic nitrogens is 2. The average Bonchev–Trinajstić information content (AvgIpc) is 2.83. The van der Waals surface area contributed by atoms with Gasteiger partial charge in [-0.1, -0.05) is 18.2 Å². The zero-order valence-corrected chi connectivity index (χ0v) is 19.8. The first-order valence-corrected chi connectivity index (χ1v) is 12.1. The van der Waals surface area contributed by atoms with E-state index in [2.05, 4.69) is 15.3 Å². The Morgan fingerprint density at radius 2 is 1.86 bits per heavy atom. The summed E-state index contributed by atoms with van der Waals surface area (Å²) in [5, 5.41) is 22.8. The van der Waals surface area contributed by atoms with Gasteiger partial charge in [-0.15, -0.1) is 0 Å². The van der Waals surface area contributed by atoms with Gasteiger partial charge in [0.15, 0.2) is 11.5 Å². The predicted octanol–water partition coefficient (Wildman–Crippen LogP) is 3.22. The third-order valence-electron chi connectivity index (χ3n) is 4.30. The van der Waals surface area contributed by atoms with Gasteiger partial charge in [0.25, 0.3) is 5.16 Å². The summed E-state index contributed by atoms with van der Waals surface area (Å²) in [6.45, 7) is 1.10. The molecule has 14 heteroatoms. The van der Waals surface area contributed by atoms with E-state index in [1.54, 1.807) is 37.3 Å². The van der Waals surface area contributed by atoms with E-state index in [4.69, 9.17) is 14.2 Å². The highest BCUT2D eigenvalue weighted by molar-refractivity contribution is 7.90. The maximum Gasteiger partial charge on any atom is 0.373 e. The quantitative estimate of drug-likeness (QED) is 0.181. The maximum absolute atomic E-state index is 12.2. The first-order chi connectivity index (χ1) is 17.1. The lowest BCUT2D eigenvalue weighted by Gasteiger charge is -2.14. The molecule has 0 bridgehead atoms. The van der Waals surface area contributed by atoms with Crippen LogP contribution in [0.5, 0.6) is 23.1 Å². The van der Waals surface area contributed by atoms with Gasteiger partial charge in [-0.2, -0.15) is 15.2 Å². The van der Waals surface area contributed by atoms with Crippen LogP contribution < -0.4 is 14.8 Å². The Morgan fingerprint density at radius 3 is 2.47 bits per heavy atom. The molecular formula is C22H19N5O8S. The molecule has 0 fully saturated rings. The predicted molar refractivity (Wildman–Crippen MR) is 125 cm³/mol. The molecule has 0 aliphatic heterocycles. The molecule has 0 aliphatic carbocycles.